The smallest absolute Gasteiger partial charge is 0.384 e. The quantitative estimate of drug-likeness (QED) is 0.377. The molecule has 0 bridgehead atoms. The van der Waals surface area contributed by atoms with Crippen LogP contribution >= 0.6 is 0 Å². The summed E-state index contributed by atoms with van der Waals surface area (Å²) in [6, 6.07) is 0. The van der Waals surface area contributed by atoms with Crippen LogP contribution in [0.1, 0.15) is 39.5 Å². The molecular weight excluding hydrogens is 313 g/mol. The van der Waals surface area contributed by atoms with Gasteiger partial charge in [0.05, 0.1) is 6.61 Å². The number of hydrogen-bond donors (Lipinski definition) is 0. The Kier molecular flexibility index (Phi) is 11.5. The molecule has 0 aromatic heterocycles. The molecule has 4 nitrogen and oxygen atoms in total. The minimum atomic E-state index is -4.21. The summed E-state index contributed by atoms with van der Waals surface area (Å²) in [5.41, 5.74) is 0. The van der Waals surface area contributed by atoms with E-state index < -0.39 is 24.4 Å². The molecule has 0 aromatic carbocycles. The second-order valence-corrected chi connectivity index (χ2v) is 5.91. The van der Waals surface area contributed by atoms with E-state index in [1.807, 2.05) is 6.92 Å². The third-order valence-corrected chi connectivity index (χ3v) is 3.95. The first-order valence-corrected chi connectivity index (χ1v) is 7.90. The number of ketones is 1. The summed E-state index contributed by atoms with van der Waals surface area (Å²) in [4.78, 5) is 12.5. The van der Waals surface area contributed by atoms with Crippen molar-refractivity contribution in [1.82, 2.24) is 0 Å². The Labute approximate surface area is 136 Å². The molecule has 0 amide bonds. The van der Waals surface area contributed by atoms with Crippen molar-refractivity contribution in [2.24, 2.45) is 17.8 Å². The second-order valence-electron chi connectivity index (χ2n) is 5.91. The van der Waals surface area contributed by atoms with Crippen LogP contribution in [0.4, 0.5) is 13.2 Å². The van der Waals surface area contributed by atoms with Gasteiger partial charge >= 0.3 is 6.18 Å². The van der Waals surface area contributed by atoms with Crippen molar-refractivity contribution in [3.8, 4) is 0 Å². The molecule has 3 atom stereocenters. The van der Waals surface area contributed by atoms with Crippen molar-refractivity contribution in [2.45, 2.75) is 45.7 Å². The summed E-state index contributed by atoms with van der Waals surface area (Å²) in [5, 5.41) is 0. The van der Waals surface area contributed by atoms with Gasteiger partial charge in [0.2, 0.25) is 0 Å². The number of rotatable bonds is 13. The van der Waals surface area contributed by atoms with Gasteiger partial charge in [-0.05, 0) is 18.3 Å². The van der Waals surface area contributed by atoms with Crippen LogP contribution in [0.3, 0.4) is 0 Å². The zero-order valence-corrected chi connectivity index (χ0v) is 14.4. The van der Waals surface area contributed by atoms with Crippen LogP contribution in [0.5, 0.6) is 0 Å². The van der Waals surface area contributed by atoms with Gasteiger partial charge in [-0.2, -0.15) is 13.2 Å². The Morgan fingerprint density at radius 3 is 2.26 bits per heavy atom. The van der Waals surface area contributed by atoms with Crippen LogP contribution in [0.2, 0.25) is 0 Å². The molecule has 1 unspecified atom stereocenters. The van der Waals surface area contributed by atoms with Crippen molar-refractivity contribution in [3.05, 3.63) is 0 Å². The molecule has 0 N–H and O–H groups in total. The van der Waals surface area contributed by atoms with Crippen molar-refractivity contribution < 1.29 is 32.2 Å². The Bertz CT molecular complexity index is 321. The first-order chi connectivity index (χ1) is 10.7. The fourth-order valence-electron chi connectivity index (χ4n) is 2.42. The van der Waals surface area contributed by atoms with Gasteiger partial charge in [0.15, 0.2) is 0 Å². The van der Waals surface area contributed by atoms with Gasteiger partial charge in [-0.25, -0.2) is 0 Å². The molecule has 0 aliphatic heterocycles. The molecule has 0 rings (SSSR count). The highest BCUT2D eigenvalue weighted by Crippen LogP contribution is 2.29. The van der Waals surface area contributed by atoms with Crippen LogP contribution in [0.25, 0.3) is 0 Å². The van der Waals surface area contributed by atoms with Gasteiger partial charge < -0.3 is 14.2 Å². The van der Waals surface area contributed by atoms with Crippen LogP contribution in [-0.2, 0) is 19.0 Å². The fourth-order valence-corrected chi connectivity index (χ4v) is 2.42. The van der Waals surface area contributed by atoms with E-state index in [2.05, 4.69) is 0 Å². The van der Waals surface area contributed by atoms with Gasteiger partial charge in [0, 0.05) is 39.6 Å². The molecule has 138 valence electrons. The van der Waals surface area contributed by atoms with Gasteiger partial charge in [-0.15, -0.1) is 0 Å². The Hall–Kier alpha value is -0.660. The lowest BCUT2D eigenvalue weighted by Gasteiger charge is -2.25. The lowest BCUT2D eigenvalue weighted by Crippen LogP contribution is -2.30. The highest BCUT2D eigenvalue weighted by atomic mass is 19.4. The Balaban J connectivity index is 4.72. The van der Waals surface area contributed by atoms with Crippen LogP contribution in [0.15, 0.2) is 0 Å². The molecule has 0 aliphatic carbocycles. The van der Waals surface area contributed by atoms with E-state index in [-0.39, 0.29) is 31.5 Å². The fraction of sp³-hybridized carbons (Fsp3) is 0.938. The van der Waals surface area contributed by atoms with E-state index in [4.69, 9.17) is 14.2 Å². The van der Waals surface area contributed by atoms with E-state index in [0.717, 1.165) is 6.42 Å². The highest BCUT2D eigenvalue weighted by molar-refractivity contribution is 5.81. The third-order valence-electron chi connectivity index (χ3n) is 3.95. The maximum Gasteiger partial charge on any atom is 0.389 e. The SMILES string of the molecule is CCC(COC)CC(=O)[C@H](COCOC)[C@@H](C)CCC(F)(F)F. The normalized spacial score (nSPS) is 16.1. The van der Waals surface area contributed by atoms with Crippen molar-refractivity contribution in [1.29, 1.82) is 0 Å². The van der Waals surface area contributed by atoms with Gasteiger partial charge in [-0.3, -0.25) is 4.79 Å². The summed E-state index contributed by atoms with van der Waals surface area (Å²) in [6.07, 6.45) is -4.12. The zero-order chi connectivity index (χ0) is 17.9. The minimum absolute atomic E-state index is 0.0189. The average molecular weight is 342 g/mol. The Morgan fingerprint density at radius 2 is 1.78 bits per heavy atom. The molecule has 0 fully saturated rings. The maximum absolute atomic E-state index is 12.5. The lowest BCUT2D eigenvalue weighted by atomic mass is 9.83. The number of methoxy groups -OCH3 is 2. The highest BCUT2D eigenvalue weighted by Gasteiger charge is 2.32. The van der Waals surface area contributed by atoms with E-state index in [1.54, 1.807) is 14.0 Å². The van der Waals surface area contributed by atoms with Crippen molar-refractivity contribution in [3.63, 3.8) is 0 Å². The monoisotopic (exact) mass is 342 g/mol. The predicted octanol–water partition coefficient (Wildman–Crippen LogP) is 3.83. The summed E-state index contributed by atoms with van der Waals surface area (Å²) < 4.78 is 52.3. The number of carbonyl (C=O) groups excluding carboxylic acids is 1. The first kappa shape index (κ1) is 22.3. The molecule has 0 aromatic rings. The molecular formula is C16H29F3O4. The number of ether oxygens (including phenoxy) is 3. The van der Waals surface area contributed by atoms with Crippen LogP contribution < -0.4 is 0 Å². The molecule has 23 heavy (non-hydrogen) atoms. The maximum atomic E-state index is 12.5. The van der Waals surface area contributed by atoms with E-state index in [9.17, 15) is 18.0 Å². The minimum Gasteiger partial charge on any atom is -0.384 e. The number of halogens is 3. The average Bonchev–Trinajstić information content (AvgIpc) is 2.47. The molecule has 0 radical (unpaired) electrons. The molecule has 0 spiro atoms. The van der Waals surface area contributed by atoms with Gasteiger partial charge in [-0.1, -0.05) is 20.3 Å². The molecule has 0 heterocycles. The summed E-state index contributed by atoms with van der Waals surface area (Å²) in [5.74, 6) is -0.952. The standard InChI is InChI=1S/C16H29F3O4/c1-5-13(9-21-3)8-15(20)14(10-23-11-22-4)12(2)6-7-16(17,18)19/h12-14H,5-11H2,1-4H3/t12-,13?,14+/m0/s1. The number of hydrogen-bond acceptors (Lipinski definition) is 4. The van der Waals surface area contributed by atoms with E-state index in [1.165, 1.54) is 7.11 Å². The summed E-state index contributed by atoms with van der Waals surface area (Å²) in [6.45, 7) is 4.19. The largest absolute Gasteiger partial charge is 0.389 e. The van der Waals surface area contributed by atoms with E-state index >= 15 is 0 Å². The number of alkyl halides is 3. The lowest BCUT2D eigenvalue weighted by molar-refractivity contribution is -0.143. The third kappa shape index (κ3) is 10.7. The van der Waals surface area contributed by atoms with Crippen LogP contribution in [-0.4, -0.2) is 46.2 Å². The second kappa shape index (κ2) is 11.8. The van der Waals surface area contributed by atoms with Gasteiger partial charge in [0.1, 0.15) is 12.6 Å². The van der Waals surface area contributed by atoms with E-state index in [0.29, 0.717) is 13.0 Å². The van der Waals surface area contributed by atoms with Crippen LogP contribution in [0, 0.1) is 17.8 Å². The summed E-state index contributed by atoms with van der Waals surface area (Å²) in [7, 11) is 3.02. The van der Waals surface area contributed by atoms with Crippen molar-refractivity contribution in [2.75, 3.05) is 34.2 Å². The molecule has 0 saturated carbocycles. The molecule has 0 aliphatic rings. The number of carbonyl (C=O) groups is 1. The number of Topliss-reactive ketones (excluding diaryl/α,β-unsaturated/α-hetero) is 1. The molecule has 0 saturated heterocycles. The zero-order valence-electron chi connectivity index (χ0n) is 14.4. The first-order valence-electron chi connectivity index (χ1n) is 7.90. The van der Waals surface area contributed by atoms with Gasteiger partial charge in [0.25, 0.3) is 0 Å². The summed E-state index contributed by atoms with van der Waals surface area (Å²) >= 11 is 0. The Morgan fingerprint density at radius 1 is 1.13 bits per heavy atom. The van der Waals surface area contributed by atoms with Crippen molar-refractivity contribution >= 4 is 5.78 Å². The topological polar surface area (TPSA) is 44.8 Å². The predicted molar refractivity (Wildman–Crippen MR) is 81.1 cm³/mol. The molecule has 7 heteroatoms.